The van der Waals surface area contributed by atoms with Crippen LogP contribution in [0, 0.1) is 0 Å². The average Bonchev–Trinajstić information content (AvgIpc) is 3.37. The number of rotatable bonds is 6. The summed E-state index contributed by atoms with van der Waals surface area (Å²) in [5, 5.41) is 4.25. The van der Waals surface area contributed by atoms with E-state index in [1.54, 1.807) is 24.5 Å². The maximum Gasteiger partial charge on any atom is 0.291 e. The molecule has 138 valence electrons. The minimum Gasteiger partial charge on any atom is -0.490 e. The molecule has 0 amide bonds. The molecule has 1 aromatic carbocycles. The normalized spacial score (nSPS) is 12.0. The third kappa shape index (κ3) is 3.31. The van der Waals surface area contributed by atoms with Crippen LogP contribution in [0.1, 0.15) is 19.4 Å². The molecular formula is C19H17N3O4S. The Morgan fingerprint density at radius 3 is 2.70 bits per heavy atom. The van der Waals surface area contributed by atoms with Crippen LogP contribution in [0.25, 0.3) is 22.6 Å². The zero-order chi connectivity index (χ0) is 18.8. The Morgan fingerprint density at radius 1 is 1.19 bits per heavy atom. The maximum atomic E-state index is 12.6. The van der Waals surface area contributed by atoms with Gasteiger partial charge in [0, 0.05) is 0 Å². The minimum absolute atomic E-state index is 0.216. The predicted molar refractivity (Wildman–Crippen MR) is 102 cm³/mol. The number of furan rings is 1. The van der Waals surface area contributed by atoms with Crippen LogP contribution in [0.4, 0.5) is 0 Å². The van der Waals surface area contributed by atoms with Gasteiger partial charge in [-0.1, -0.05) is 17.4 Å². The number of ether oxygens (including phenoxy) is 2. The smallest absolute Gasteiger partial charge is 0.291 e. The second kappa shape index (κ2) is 7.24. The molecule has 0 saturated carbocycles. The third-order valence-electron chi connectivity index (χ3n) is 3.79. The van der Waals surface area contributed by atoms with E-state index in [4.69, 9.17) is 13.9 Å². The summed E-state index contributed by atoms with van der Waals surface area (Å²) in [5.41, 5.74) is 0.627. The van der Waals surface area contributed by atoms with Gasteiger partial charge in [-0.2, -0.15) is 9.50 Å². The van der Waals surface area contributed by atoms with Crippen molar-refractivity contribution >= 4 is 22.4 Å². The van der Waals surface area contributed by atoms with E-state index in [9.17, 15) is 4.79 Å². The van der Waals surface area contributed by atoms with E-state index >= 15 is 0 Å². The van der Waals surface area contributed by atoms with Crippen LogP contribution in [-0.4, -0.2) is 27.8 Å². The van der Waals surface area contributed by atoms with Gasteiger partial charge in [0.15, 0.2) is 17.3 Å². The van der Waals surface area contributed by atoms with Crippen LogP contribution < -0.4 is 19.6 Å². The molecule has 3 aromatic heterocycles. The minimum atomic E-state index is -0.216. The van der Waals surface area contributed by atoms with Gasteiger partial charge in [0.05, 0.1) is 24.0 Å². The SMILES string of the molecule is CCOc1ccc(/C=c2/sc3nc(-c4ccco4)nn3c2=O)cc1OCC. The van der Waals surface area contributed by atoms with Gasteiger partial charge in [-0.25, -0.2) is 0 Å². The van der Waals surface area contributed by atoms with Crippen LogP contribution >= 0.6 is 11.3 Å². The van der Waals surface area contributed by atoms with Crippen LogP contribution in [0.3, 0.4) is 0 Å². The zero-order valence-corrected chi connectivity index (χ0v) is 15.7. The van der Waals surface area contributed by atoms with E-state index in [0.717, 1.165) is 5.56 Å². The molecule has 0 spiro atoms. The fourth-order valence-electron chi connectivity index (χ4n) is 2.65. The molecule has 0 aliphatic rings. The predicted octanol–water partition coefficient (Wildman–Crippen LogP) is 2.76. The van der Waals surface area contributed by atoms with Crippen LogP contribution in [0.5, 0.6) is 11.5 Å². The Hall–Kier alpha value is -3.13. The van der Waals surface area contributed by atoms with Gasteiger partial charge >= 0.3 is 0 Å². The van der Waals surface area contributed by atoms with Gasteiger partial charge in [-0.05, 0) is 49.8 Å². The molecule has 27 heavy (non-hydrogen) atoms. The summed E-state index contributed by atoms with van der Waals surface area (Å²) in [4.78, 5) is 17.5. The highest BCUT2D eigenvalue weighted by molar-refractivity contribution is 7.15. The van der Waals surface area contributed by atoms with E-state index in [-0.39, 0.29) is 5.56 Å². The molecule has 3 heterocycles. The molecule has 0 atom stereocenters. The molecule has 0 saturated heterocycles. The number of benzene rings is 1. The maximum absolute atomic E-state index is 12.6. The van der Waals surface area contributed by atoms with Crippen molar-refractivity contribution in [2.24, 2.45) is 0 Å². The number of thiazole rings is 1. The summed E-state index contributed by atoms with van der Waals surface area (Å²) < 4.78 is 18.3. The first kappa shape index (κ1) is 17.3. The van der Waals surface area contributed by atoms with Gasteiger partial charge in [0.1, 0.15) is 0 Å². The number of aromatic nitrogens is 3. The zero-order valence-electron chi connectivity index (χ0n) is 14.8. The number of fused-ring (bicyclic) bond motifs is 1. The van der Waals surface area contributed by atoms with Crippen molar-refractivity contribution in [3.63, 3.8) is 0 Å². The van der Waals surface area contributed by atoms with Gasteiger partial charge < -0.3 is 13.9 Å². The largest absolute Gasteiger partial charge is 0.490 e. The van der Waals surface area contributed by atoms with Gasteiger partial charge in [0.25, 0.3) is 5.56 Å². The Morgan fingerprint density at radius 2 is 2.00 bits per heavy atom. The number of hydrogen-bond donors (Lipinski definition) is 0. The molecule has 0 aliphatic carbocycles. The van der Waals surface area contributed by atoms with Crippen molar-refractivity contribution < 1.29 is 13.9 Å². The molecule has 0 aliphatic heterocycles. The summed E-state index contributed by atoms with van der Waals surface area (Å²) in [6.45, 7) is 4.92. The lowest BCUT2D eigenvalue weighted by Crippen LogP contribution is -2.23. The molecule has 0 bridgehead atoms. The Bertz CT molecular complexity index is 1180. The highest BCUT2D eigenvalue weighted by Gasteiger charge is 2.13. The number of hydrogen-bond acceptors (Lipinski definition) is 7. The lowest BCUT2D eigenvalue weighted by Gasteiger charge is -2.11. The summed E-state index contributed by atoms with van der Waals surface area (Å²) in [7, 11) is 0. The highest BCUT2D eigenvalue weighted by Crippen LogP contribution is 2.28. The first-order valence-electron chi connectivity index (χ1n) is 8.54. The molecule has 0 fully saturated rings. The first-order chi connectivity index (χ1) is 13.2. The fraction of sp³-hybridized carbons (Fsp3) is 0.211. The molecule has 4 rings (SSSR count). The Labute approximate surface area is 158 Å². The van der Waals surface area contributed by atoms with Gasteiger partial charge in [-0.15, -0.1) is 5.10 Å². The molecule has 8 heteroatoms. The summed E-state index contributed by atoms with van der Waals surface area (Å²) in [5.74, 6) is 2.27. The summed E-state index contributed by atoms with van der Waals surface area (Å²) in [6, 6.07) is 9.10. The monoisotopic (exact) mass is 383 g/mol. The lowest BCUT2D eigenvalue weighted by atomic mass is 10.2. The van der Waals surface area contributed by atoms with E-state index in [1.807, 2.05) is 32.0 Å². The molecule has 7 nitrogen and oxygen atoms in total. The van der Waals surface area contributed by atoms with E-state index in [1.165, 1.54) is 15.9 Å². The topological polar surface area (TPSA) is 78.9 Å². The molecule has 4 aromatic rings. The van der Waals surface area contributed by atoms with Crippen LogP contribution in [0.15, 0.2) is 45.8 Å². The first-order valence-corrected chi connectivity index (χ1v) is 9.36. The van der Waals surface area contributed by atoms with Gasteiger partial charge in [0.2, 0.25) is 10.8 Å². The van der Waals surface area contributed by atoms with Crippen molar-refractivity contribution in [2.45, 2.75) is 13.8 Å². The highest BCUT2D eigenvalue weighted by atomic mass is 32.1. The van der Waals surface area contributed by atoms with Crippen LogP contribution in [-0.2, 0) is 0 Å². The standard InChI is InChI=1S/C19H17N3O4S/c1-3-24-13-8-7-12(10-15(13)25-4-2)11-16-18(23)22-19(27-16)20-17(21-22)14-6-5-9-26-14/h5-11H,3-4H2,1-2H3/b16-11+. The summed E-state index contributed by atoms with van der Waals surface area (Å²) in [6.07, 6.45) is 3.35. The van der Waals surface area contributed by atoms with E-state index in [2.05, 4.69) is 10.1 Å². The molecule has 0 unspecified atom stereocenters. The molecular weight excluding hydrogens is 366 g/mol. The second-order valence-corrected chi connectivity index (χ2v) is 6.60. The van der Waals surface area contributed by atoms with E-state index in [0.29, 0.717) is 45.8 Å². The molecule has 0 radical (unpaired) electrons. The lowest BCUT2D eigenvalue weighted by molar-refractivity contribution is 0.287. The van der Waals surface area contributed by atoms with Crippen molar-refractivity contribution in [3.8, 4) is 23.1 Å². The van der Waals surface area contributed by atoms with Crippen molar-refractivity contribution in [3.05, 3.63) is 57.0 Å². The van der Waals surface area contributed by atoms with Gasteiger partial charge in [-0.3, -0.25) is 4.79 Å². The fourth-order valence-corrected chi connectivity index (χ4v) is 3.56. The Balaban J connectivity index is 1.74. The van der Waals surface area contributed by atoms with Crippen molar-refractivity contribution in [1.82, 2.24) is 14.6 Å². The van der Waals surface area contributed by atoms with Crippen molar-refractivity contribution in [1.29, 1.82) is 0 Å². The average molecular weight is 383 g/mol. The second-order valence-electron chi connectivity index (χ2n) is 5.60. The molecule has 0 N–H and O–H groups in total. The summed E-state index contributed by atoms with van der Waals surface area (Å²) >= 11 is 1.28. The third-order valence-corrected chi connectivity index (χ3v) is 4.75. The van der Waals surface area contributed by atoms with E-state index < -0.39 is 0 Å². The number of nitrogens with zero attached hydrogens (tertiary/aromatic N) is 3. The van der Waals surface area contributed by atoms with Crippen molar-refractivity contribution in [2.75, 3.05) is 13.2 Å². The Kier molecular flexibility index (Phi) is 4.64. The van der Waals surface area contributed by atoms with Crippen LogP contribution in [0.2, 0.25) is 0 Å². The quantitative estimate of drug-likeness (QED) is 0.509.